The molecule has 0 amide bonds. The minimum atomic E-state index is 1.01. The van der Waals surface area contributed by atoms with E-state index in [0.717, 1.165) is 21.7 Å². The van der Waals surface area contributed by atoms with Gasteiger partial charge in [-0.3, -0.25) is 0 Å². The Labute approximate surface area is 108 Å². The van der Waals surface area contributed by atoms with Gasteiger partial charge in [-0.15, -0.1) is 0 Å². The van der Waals surface area contributed by atoms with Crippen molar-refractivity contribution < 1.29 is 0 Å². The maximum absolute atomic E-state index is 1.71. The lowest BCUT2D eigenvalue weighted by Gasteiger charge is -2.44. The van der Waals surface area contributed by atoms with Crippen molar-refractivity contribution in [1.29, 1.82) is 0 Å². The molecular weight excluding hydrogens is 216 g/mol. The van der Waals surface area contributed by atoms with Crippen LogP contribution in [0.2, 0.25) is 0 Å². The molecule has 0 heterocycles. The van der Waals surface area contributed by atoms with E-state index in [2.05, 4.69) is 0 Å². The highest BCUT2D eigenvalue weighted by atomic mass is 15.2. The van der Waals surface area contributed by atoms with Crippen molar-refractivity contribution in [3.05, 3.63) is 0 Å². The molecule has 0 aromatic heterocycles. The number of hydrogen-bond acceptors (Lipinski definition) is 0. The molecule has 10 aliphatic rings. The first kappa shape index (κ1) is 7.70. The Bertz CT molecular complexity index is 528. The summed E-state index contributed by atoms with van der Waals surface area (Å²) in [5.41, 5.74) is 4.05. The van der Waals surface area contributed by atoms with Gasteiger partial charge in [0, 0.05) is 0 Å². The molecule has 10 fully saturated rings. The Morgan fingerprint density at radius 2 is 0.611 bits per heavy atom. The third-order valence-corrected chi connectivity index (χ3v) is 11.7. The highest BCUT2D eigenvalue weighted by Gasteiger charge is 3.13. The summed E-state index contributed by atoms with van der Waals surface area (Å²) in [6, 6.07) is 0. The third-order valence-electron chi connectivity index (χ3n) is 11.7. The Balaban J connectivity index is 1.54. The quantitative estimate of drug-likeness (QED) is 0.605. The fourth-order valence-electron chi connectivity index (χ4n) is 13.2. The minimum absolute atomic E-state index is 1.01. The zero-order valence-electron chi connectivity index (χ0n) is 10.9. The first-order chi connectivity index (χ1) is 8.89. The lowest BCUT2D eigenvalue weighted by Crippen LogP contribution is -2.40. The first-order valence-electron chi connectivity index (χ1n) is 8.89. The second-order valence-electron chi connectivity index (χ2n) is 10.1. The van der Waals surface area contributed by atoms with Gasteiger partial charge in [0.25, 0.3) is 0 Å². The fourth-order valence-corrected chi connectivity index (χ4v) is 13.2. The topological polar surface area (TPSA) is 0 Å². The lowest BCUT2D eigenvalue weighted by atomic mass is 9.59. The van der Waals surface area contributed by atoms with E-state index in [-0.39, 0.29) is 0 Å². The van der Waals surface area contributed by atoms with Crippen molar-refractivity contribution in [1.82, 2.24) is 0 Å². The molecule has 10 rings (SSSR count). The van der Waals surface area contributed by atoms with E-state index in [0.29, 0.717) is 0 Å². The van der Waals surface area contributed by atoms with Crippen molar-refractivity contribution in [2.24, 2.45) is 69.0 Å². The summed E-state index contributed by atoms with van der Waals surface area (Å²) < 4.78 is 0. The summed E-state index contributed by atoms with van der Waals surface area (Å²) in [5.74, 6) is 10.5. The van der Waals surface area contributed by atoms with Crippen LogP contribution in [0.4, 0.5) is 0 Å². The molecule has 10 saturated carbocycles. The zero-order valence-corrected chi connectivity index (χ0v) is 10.9. The van der Waals surface area contributed by atoms with Gasteiger partial charge in [0.1, 0.15) is 0 Å². The van der Waals surface area contributed by atoms with Crippen LogP contribution in [0, 0.1) is 69.0 Å². The highest BCUT2D eigenvalue weighted by Crippen LogP contribution is 3.17. The average Bonchev–Trinajstić information content (AvgIpc) is 2.69. The molecule has 0 saturated heterocycles. The van der Waals surface area contributed by atoms with Crippen LogP contribution in [0.15, 0.2) is 0 Å². The monoisotopic (exact) mass is 236 g/mol. The molecule has 0 unspecified atom stereocenters. The van der Waals surface area contributed by atoms with Gasteiger partial charge in [-0.1, -0.05) is 12.8 Å². The molecule has 0 radical (unpaired) electrons. The summed E-state index contributed by atoms with van der Waals surface area (Å²) in [5, 5.41) is 0. The molecule has 0 aromatic rings. The van der Waals surface area contributed by atoms with E-state index >= 15 is 0 Å². The maximum atomic E-state index is 1.71. The van der Waals surface area contributed by atoms with E-state index in [1.165, 1.54) is 47.3 Å². The van der Waals surface area contributed by atoms with Gasteiger partial charge < -0.3 is 0 Å². The van der Waals surface area contributed by atoms with Gasteiger partial charge in [-0.25, -0.2) is 0 Å². The molecule has 10 aliphatic carbocycles. The normalized spacial score (nSPS) is 98.7. The lowest BCUT2D eigenvalue weighted by molar-refractivity contribution is 0.0232. The van der Waals surface area contributed by atoms with Crippen molar-refractivity contribution in [3.63, 3.8) is 0 Å². The van der Waals surface area contributed by atoms with E-state index < -0.39 is 0 Å². The van der Waals surface area contributed by atoms with E-state index in [1.54, 1.807) is 38.5 Å². The predicted octanol–water partition coefficient (Wildman–Crippen LogP) is 3.32. The van der Waals surface area contributed by atoms with Crippen LogP contribution < -0.4 is 0 Å². The summed E-state index contributed by atoms with van der Waals surface area (Å²) in [6.07, 6.45) is 10.1. The molecule has 92 valence electrons. The number of rotatable bonds is 0. The summed E-state index contributed by atoms with van der Waals surface area (Å²) in [4.78, 5) is 0. The van der Waals surface area contributed by atoms with Gasteiger partial charge in [0.2, 0.25) is 0 Å². The summed E-state index contributed by atoms with van der Waals surface area (Å²) >= 11 is 0. The second-order valence-corrected chi connectivity index (χ2v) is 10.1. The van der Waals surface area contributed by atoms with Crippen LogP contribution in [0.25, 0.3) is 0 Å². The van der Waals surface area contributed by atoms with Crippen molar-refractivity contribution in [2.45, 2.75) is 38.5 Å². The van der Waals surface area contributed by atoms with E-state index in [4.69, 9.17) is 0 Å². The smallest absolute Gasteiger partial charge is 0.0167 e. The van der Waals surface area contributed by atoms with Crippen LogP contribution in [0.3, 0.4) is 0 Å². The van der Waals surface area contributed by atoms with Gasteiger partial charge in [-0.2, -0.15) is 0 Å². The molecule has 0 aliphatic heterocycles. The van der Waals surface area contributed by atoms with Crippen LogP contribution >= 0.6 is 0 Å². The Kier molecular flexibility index (Phi) is 0.638. The van der Waals surface area contributed by atoms with Gasteiger partial charge in [0.05, 0.1) is 0 Å². The first-order valence-corrected chi connectivity index (χ1v) is 8.89. The zero-order chi connectivity index (χ0) is 10.9. The van der Waals surface area contributed by atoms with Crippen LogP contribution in [0.1, 0.15) is 38.5 Å². The Morgan fingerprint density at radius 3 is 0.833 bits per heavy atom. The standard InChI is InChI=1S/C18H20/c1-3-15-7-8(15)14-12-10-9-11(17(12,15)5-1)13(7)18(14)6-2-4-16(9,10)18/h7-14H,1-6H2. The van der Waals surface area contributed by atoms with Crippen LogP contribution in [-0.2, 0) is 0 Å². The van der Waals surface area contributed by atoms with Crippen LogP contribution in [-0.4, -0.2) is 0 Å². The third kappa shape index (κ3) is 0.298. The van der Waals surface area contributed by atoms with Gasteiger partial charge >= 0.3 is 0 Å². The predicted molar refractivity (Wildman–Crippen MR) is 65.4 cm³/mol. The summed E-state index contributed by atoms with van der Waals surface area (Å²) in [6.45, 7) is 0. The Hall–Kier alpha value is 0. The summed E-state index contributed by atoms with van der Waals surface area (Å²) in [7, 11) is 0. The molecule has 4 spiro atoms. The number of hydrogen-bond donors (Lipinski definition) is 0. The van der Waals surface area contributed by atoms with Crippen LogP contribution in [0.5, 0.6) is 0 Å². The van der Waals surface area contributed by atoms with Crippen molar-refractivity contribution in [3.8, 4) is 0 Å². The van der Waals surface area contributed by atoms with Crippen molar-refractivity contribution in [2.75, 3.05) is 0 Å². The molecule has 0 heteroatoms. The molecule has 0 N–H and O–H groups in total. The maximum Gasteiger partial charge on any atom is -0.0167 e. The molecule has 0 atom stereocenters. The van der Waals surface area contributed by atoms with E-state index in [9.17, 15) is 0 Å². The fraction of sp³-hybridized carbons (Fsp3) is 1.00. The largest absolute Gasteiger partial charge is 0.0522 e. The minimum Gasteiger partial charge on any atom is -0.0522 e. The van der Waals surface area contributed by atoms with Crippen molar-refractivity contribution >= 4 is 0 Å². The SMILES string of the molecule is C1CC23C4C2C2C5C6C7C(C4C24CCCC764)C53C1. The van der Waals surface area contributed by atoms with Gasteiger partial charge in [-0.05, 0) is 94.7 Å². The molecule has 18 heavy (non-hydrogen) atoms. The molecule has 0 bridgehead atoms. The molecule has 0 aromatic carbocycles. The highest BCUT2D eigenvalue weighted by molar-refractivity contribution is 5.59. The van der Waals surface area contributed by atoms with Gasteiger partial charge in [0.15, 0.2) is 0 Å². The average molecular weight is 236 g/mol. The second kappa shape index (κ2) is 1.49. The Morgan fingerprint density at radius 1 is 0.389 bits per heavy atom. The molecule has 0 nitrogen and oxygen atoms in total. The molecular formula is C18H20. The van der Waals surface area contributed by atoms with E-state index in [1.807, 2.05) is 0 Å².